The van der Waals surface area contributed by atoms with Crippen LogP contribution in [0.5, 0.6) is 0 Å². The lowest BCUT2D eigenvalue weighted by Gasteiger charge is -2.19. The second-order valence-corrected chi connectivity index (χ2v) is 5.32. The van der Waals surface area contributed by atoms with E-state index in [1.165, 1.54) is 6.07 Å². The van der Waals surface area contributed by atoms with Gasteiger partial charge in [0.1, 0.15) is 0 Å². The maximum Gasteiger partial charge on any atom is 0.194 e. The zero-order valence-corrected chi connectivity index (χ0v) is 12.6. The third kappa shape index (κ3) is 3.34. The summed E-state index contributed by atoms with van der Waals surface area (Å²) in [5.41, 5.74) is 0.636. The van der Waals surface area contributed by atoms with E-state index < -0.39 is 23.5 Å². The van der Waals surface area contributed by atoms with Gasteiger partial charge < -0.3 is 5.32 Å². The van der Waals surface area contributed by atoms with Gasteiger partial charge in [0.2, 0.25) is 0 Å². The van der Waals surface area contributed by atoms with Crippen LogP contribution in [0.25, 0.3) is 0 Å². The third-order valence-electron chi connectivity index (χ3n) is 3.26. The fourth-order valence-corrected chi connectivity index (χ4v) is 2.66. The number of halogens is 5. The van der Waals surface area contributed by atoms with Gasteiger partial charge in [0.05, 0.1) is 0 Å². The minimum Gasteiger partial charge on any atom is -0.313 e. The van der Waals surface area contributed by atoms with E-state index in [0.29, 0.717) is 15.6 Å². The molecule has 0 amide bonds. The molecule has 1 N–H and O–H groups in total. The van der Waals surface area contributed by atoms with Crippen molar-refractivity contribution < 1.29 is 13.2 Å². The van der Waals surface area contributed by atoms with E-state index in [9.17, 15) is 13.2 Å². The average Bonchev–Trinajstić information content (AvgIpc) is 2.46. The first-order chi connectivity index (χ1) is 9.95. The summed E-state index contributed by atoms with van der Waals surface area (Å²) in [6, 6.07) is 6.54. The molecule has 0 fully saturated rings. The van der Waals surface area contributed by atoms with Crippen LogP contribution in [0.3, 0.4) is 0 Å². The van der Waals surface area contributed by atoms with Gasteiger partial charge in [-0.1, -0.05) is 35.3 Å². The Morgan fingerprint density at radius 1 is 1.00 bits per heavy atom. The van der Waals surface area contributed by atoms with E-state index in [2.05, 4.69) is 5.32 Å². The predicted octanol–water partition coefficient (Wildman–Crippen LogP) is 4.91. The molecule has 1 unspecified atom stereocenters. The van der Waals surface area contributed by atoms with Gasteiger partial charge in [-0.2, -0.15) is 0 Å². The lowest BCUT2D eigenvalue weighted by Crippen LogP contribution is -2.21. The Bertz CT molecular complexity index is 641. The van der Waals surface area contributed by atoms with Crippen LogP contribution in [0.2, 0.25) is 10.0 Å². The van der Waals surface area contributed by atoms with Crippen molar-refractivity contribution in [3.8, 4) is 0 Å². The Morgan fingerprint density at radius 2 is 1.62 bits per heavy atom. The second-order valence-electron chi connectivity index (χ2n) is 4.51. The van der Waals surface area contributed by atoms with E-state index in [1.54, 1.807) is 25.2 Å². The van der Waals surface area contributed by atoms with Gasteiger partial charge in [0.25, 0.3) is 0 Å². The van der Waals surface area contributed by atoms with Gasteiger partial charge in [-0.25, -0.2) is 13.2 Å². The average molecular weight is 334 g/mol. The van der Waals surface area contributed by atoms with Crippen LogP contribution in [-0.2, 0) is 6.42 Å². The highest BCUT2D eigenvalue weighted by Gasteiger charge is 2.21. The van der Waals surface area contributed by atoms with E-state index in [0.717, 1.165) is 6.07 Å². The van der Waals surface area contributed by atoms with Crippen LogP contribution in [-0.4, -0.2) is 7.05 Å². The molecular formula is C15H12Cl2F3N. The topological polar surface area (TPSA) is 12.0 Å². The lowest BCUT2D eigenvalue weighted by atomic mass is 9.98. The van der Waals surface area contributed by atoms with Gasteiger partial charge in [-0.15, -0.1) is 0 Å². The molecule has 112 valence electrons. The molecule has 0 aliphatic carbocycles. The Labute approximate surface area is 130 Å². The monoisotopic (exact) mass is 333 g/mol. The number of hydrogen-bond acceptors (Lipinski definition) is 1. The van der Waals surface area contributed by atoms with Gasteiger partial charge in [-0.05, 0) is 37.2 Å². The summed E-state index contributed by atoms with van der Waals surface area (Å²) in [5.74, 6) is -3.92. The van der Waals surface area contributed by atoms with Gasteiger partial charge in [-0.3, -0.25) is 0 Å². The van der Waals surface area contributed by atoms with Crippen molar-refractivity contribution in [3.05, 3.63) is 69.0 Å². The summed E-state index contributed by atoms with van der Waals surface area (Å²) < 4.78 is 40.2. The minimum absolute atomic E-state index is 0.0207. The van der Waals surface area contributed by atoms with Crippen molar-refractivity contribution in [2.45, 2.75) is 12.5 Å². The van der Waals surface area contributed by atoms with Crippen LogP contribution in [0.1, 0.15) is 17.2 Å². The Balaban J connectivity index is 2.40. The third-order valence-corrected chi connectivity index (χ3v) is 3.97. The maximum absolute atomic E-state index is 13.9. The summed E-state index contributed by atoms with van der Waals surface area (Å²) in [6.45, 7) is 0. The fourth-order valence-electron chi connectivity index (χ4n) is 2.11. The summed E-state index contributed by atoms with van der Waals surface area (Å²) in [4.78, 5) is 0. The molecule has 0 heterocycles. The number of rotatable bonds is 4. The fraction of sp³-hybridized carbons (Fsp3) is 0.200. The molecule has 6 heteroatoms. The number of nitrogens with one attached hydrogen (secondary N) is 1. The standard InChI is InChI=1S/C15H12Cl2F3N/c1-21-13(7-9-10(16)3-2-4-11(9)17)8-5-6-12(18)15(20)14(8)19/h2-6,13,21H,7H2,1H3. The van der Waals surface area contributed by atoms with Crippen molar-refractivity contribution in [2.75, 3.05) is 7.05 Å². The van der Waals surface area contributed by atoms with Crippen molar-refractivity contribution in [2.24, 2.45) is 0 Å². The Kier molecular flexibility index (Phi) is 5.14. The Morgan fingerprint density at radius 3 is 2.19 bits per heavy atom. The number of benzene rings is 2. The first-order valence-corrected chi connectivity index (χ1v) is 6.94. The van der Waals surface area contributed by atoms with Crippen molar-refractivity contribution in [3.63, 3.8) is 0 Å². The molecule has 0 aliphatic rings. The first-order valence-electron chi connectivity index (χ1n) is 6.19. The van der Waals surface area contributed by atoms with E-state index in [-0.39, 0.29) is 12.0 Å². The molecule has 2 rings (SSSR count). The first kappa shape index (κ1) is 16.1. The van der Waals surface area contributed by atoms with E-state index >= 15 is 0 Å². The minimum atomic E-state index is -1.49. The quantitative estimate of drug-likeness (QED) is 0.783. The zero-order valence-electron chi connectivity index (χ0n) is 11.1. The maximum atomic E-state index is 13.9. The number of hydrogen-bond donors (Lipinski definition) is 1. The molecule has 0 aromatic heterocycles. The summed E-state index contributed by atoms with van der Waals surface area (Å²) in [5, 5.41) is 3.73. The van der Waals surface area contributed by atoms with Crippen molar-refractivity contribution >= 4 is 23.2 Å². The highest BCUT2D eigenvalue weighted by molar-refractivity contribution is 6.36. The van der Waals surface area contributed by atoms with Crippen molar-refractivity contribution in [1.29, 1.82) is 0 Å². The normalized spacial score (nSPS) is 12.5. The highest BCUT2D eigenvalue weighted by Crippen LogP contribution is 2.30. The molecule has 1 atom stereocenters. The van der Waals surface area contributed by atoms with Gasteiger partial charge >= 0.3 is 0 Å². The van der Waals surface area contributed by atoms with Gasteiger partial charge in [0, 0.05) is 21.7 Å². The van der Waals surface area contributed by atoms with Crippen LogP contribution < -0.4 is 5.32 Å². The lowest BCUT2D eigenvalue weighted by molar-refractivity contribution is 0.428. The molecule has 0 saturated heterocycles. The molecule has 0 spiro atoms. The van der Waals surface area contributed by atoms with Crippen LogP contribution in [0.4, 0.5) is 13.2 Å². The molecule has 0 saturated carbocycles. The zero-order chi connectivity index (χ0) is 15.6. The predicted molar refractivity (Wildman–Crippen MR) is 78.3 cm³/mol. The molecule has 21 heavy (non-hydrogen) atoms. The van der Waals surface area contributed by atoms with E-state index in [1.807, 2.05) is 0 Å². The summed E-state index contributed by atoms with van der Waals surface area (Å²) in [6.07, 6.45) is 0.247. The summed E-state index contributed by atoms with van der Waals surface area (Å²) >= 11 is 12.1. The van der Waals surface area contributed by atoms with Crippen LogP contribution in [0.15, 0.2) is 30.3 Å². The molecular weight excluding hydrogens is 322 g/mol. The van der Waals surface area contributed by atoms with E-state index in [4.69, 9.17) is 23.2 Å². The smallest absolute Gasteiger partial charge is 0.194 e. The molecule has 0 radical (unpaired) electrons. The molecule has 2 aromatic rings. The second kappa shape index (κ2) is 6.69. The molecule has 0 aliphatic heterocycles. The number of likely N-dealkylation sites (N-methyl/N-ethyl adjacent to an activating group) is 1. The van der Waals surface area contributed by atoms with Crippen LogP contribution >= 0.6 is 23.2 Å². The van der Waals surface area contributed by atoms with Crippen LogP contribution in [0, 0.1) is 17.5 Å². The Hall–Kier alpha value is -1.23. The highest BCUT2D eigenvalue weighted by atomic mass is 35.5. The molecule has 2 aromatic carbocycles. The van der Waals surface area contributed by atoms with Gasteiger partial charge in [0.15, 0.2) is 17.5 Å². The largest absolute Gasteiger partial charge is 0.313 e. The molecule has 0 bridgehead atoms. The van der Waals surface area contributed by atoms with Crippen molar-refractivity contribution in [1.82, 2.24) is 5.32 Å². The SMILES string of the molecule is CNC(Cc1c(Cl)cccc1Cl)c1ccc(F)c(F)c1F. The summed E-state index contributed by atoms with van der Waals surface area (Å²) in [7, 11) is 1.59. The molecule has 1 nitrogen and oxygen atoms in total.